The third-order valence-electron chi connectivity index (χ3n) is 6.67. The molecule has 0 radical (unpaired) electrons. The lowest BCUT2D eigenvalue weighted by Gasteiger charge is -2.35. The molecule has 10 nitrogen and oxygen atoms in total. The average Bonchev–Trinajstić information content (AvgIpc) is 3.40. The second kappa shape index (κ2) is 9.50. The number of fused-ring (bicyclic) bond motifs is 1. The lowest BCUT2D eigenvalue weighted by Crippen LogP contribution is -2.50. The van der Waals surface area contributed by atoms with E-state index in [0.717, 1.165) is 16.7 Å². The van der Waals surface area contributed by atoms with Crippen LogP contribution < -0.4 is 5.73 Å². The number of hydrogen-bond acceptors (Lipinski definition) is 8. The van der Waals surface area contributed by atoms with E-state index in [2.05, 4.69) is 5.10 Å². The number of carbonyl (C=O) groups is 2. The zero-order valence-electron chi connectivity index (χ0n) is 22.6. The number of hydrogen-bond donors (Lipinski definition) is 1. The van der Waals surface area contributed by atoms with Crippen molar-refractivity contribution < 1.29 is 24.0 Å². The summed E-state index contributed by atoms with van der Waals surface area (Å²) in [6.45, 7) is 10.7. The van der Waals surface area contributed by atoms with Crippen molar-refractivity contribution in [2.75, 3.05) is 0 Å². The molecule has 1 aliphatic carbocycles. The smallest absolute Gasteiger partial charge is 0.435 e. The van der Waals surface area contributed by atoms with E-state index >= 15 is 0 Å². The van der Waals surface area contributed by atoms with Crippen molar-refractivity contribution in [3.8, 4) is 11.1 Å². The van der Waals surface area contributed by atoms with Gasteiger partial charge in [-0.2, -0.15) is 9.78 Å². The summed E-state index contributed by atoms with van der Waals surface area (Å²) in [5.74, 6) is -0.357. The number of esters is 1. The number of nitrogens with zero attached hydrogens (tertiary/aromatic N) is 3. The first kappa shape index (κ1) is 27.3. The minimum Gasteiger partial charge on any atom is -0.459 e. The van der Waals surface area contributed by atoms with Crippen LogP contribution in [0.25, 0.3) is 22.0 Å². The van der Waals surface area contributed by atoms with Gasteiger partial charge >= 0.3 is 12.1 Å². The number of nitro benzene ring substituents is 1. The first-order valence-corrected chi connectivity index (χ1v) is 12.6. The Balaban J connectivity index is 1.76. The Morgan fingerprint density at radius 1 is 1.05 bits per heavy atom. The van der Waals surface area contributed by atoms with E-state index in [1.165, 1.54) is 6.20 Å². The highest BCUT2D eigenvalue weighted by Crippen LogP contribution is 2.44. The van der Waals surface area contributed by atoms with Crippen molar-refractivity contribution in [3.05, 3.63) is 58.3 Å². The summed E-state index contributed by atoms with van der Waals surface area (Å²) in [6, 6.07) is 9.89. The number of carbonyl (C=O) groups excluding carboxylic acids is 2. The zero-order valence-corrected chi connectivity index (χ0v) is 22.6. The fourth-order valence-electron chi connectivity index (χ4n) is 5.05. The molecule has 2 aromatic carbocycles. The average molecular weight is 523 g/mol. The topological polar surface area (TPSA) is 140 Å². The molecule has 1 heterocycles. The van der Waals surface area contributed by atoms with Crippen LogP contribution >= 0.6 is 0 Å². The molecular formula is C28H34N4O6. The van der Waals surface area contributed by atoms with E-state index in [9.17, 15) is 19.7 Å². The van der Waals surface area contributed by atoms with Gasteiger partial charge in [0.25, 0.3) is 5.69 Å². The third-order valence-corrected chi connectivity index (χ3v) is 6.67. The van der Waals surface area contributed by atoms with Gasteiger partial charge in [-0.3, -0.25) is 14.9 Å². The summed E-state index contributed by atoms with van der Waals surface area (Å²) >= 11 is 0. The van der Waals surface area contributed by atoms with Crippen molar-refractivity contribution >= 4 is 28.7 Å². The van der Waals surface area contributed by atoms with Crippen LogP contribution in [0, 0.1) is 10.1 Å². The van der Waals surface area contributed by atoms with Gasteiger partial charge in [-0.05, 0) is 77.6 Å². The molecule has 2 unspecified atom stereocenters. The van der Waals surface area contributed by atoms with E-state index in [0.29, 0.717) is 24.0 Å². The summed E-state index contributed by atoms with van der Waals surface area (Å²) in [6.07, 6.45) is 2.64. The molecule has 1 saturated carbocycles. The zero-order chi connectivity index (χ0) is 28.0. The van der Waals surface area contributed by atoms with Crippen molar-refractivity contribution in [2.45, 2.75) is 83.5 Å². The molecule has 2 N–H and O–H groups in total. The lowest BCUT2D eigenvalue weighted by atomic mass is 9.75. The van der Waals surface area contributed by atoms with E-state index in [4.69, 9.17) is 15.2 Å². The predicted octanol–water partition coefficient (Wildman–Crippen LogP) is 5.49. The van der Waals surface area contributed by atoms with E-state index in [1.54, 1.807) is 57.2 Å². The molecular weight excluding hydrogens is 488 g/mol. The number of nitrogens with two attached hydrogens (primary N) is 1. The van der Waals surface area contributed by atoms with Gasteiger partial charge in [-0.1, -0.05) is 30.7 Å². The molecule has 2 atom stereocenters. The maximum atomic E-state index is 13.3. The Labute approximate surface area is 221 Å². The van der Waals surface area contributed by atoms with Gasteiger partial charge in [-0.25, -0.2) is 4.79 Å². The molecule has 3 aromatic rings. The molecule has 0 aliphatic heterocycles. The number of aromatic nitrogens is 2. The maximum absolute atomic E-state index is 13.3. The molecule has 1 aromatic heterocycles. The maximum Gasteiger partial charge on any atom is 0.435 e. The Morgan fingerprint density at radius 3 is 2.21 bits per heavy atom. The second-order valence-electron chi connectivity index (χ2n) is 11.7. The van der Waals surface area contributed by atoms with Crippen LogP contribution in [-0.2, 0) is 19.7 Å². The number of benzene rings is 2. The van der Waals surface area contributed by atoms with Crippen molar-refractivity contribution in [1.82, 2.24) is 9.78 Å². The molecule has 10 heteroatoms. The van der Waals surface area contributed by atoms with Gasteiger partial charge in [-0.15, -0.1) is 0 Å². The lowest BCUT2D eigenvalue weighted by molar-refractivity contribution is -0.382. The highest BCUT2D eigenvalue weighted by molar-refractivity contribution is 5.99. The monoisotopic (exact) mass is 522 g/mol. The largest absolute Gasteiger partial charge is 0.459 e. The fourth-order valence-corrected chi connectivity index (χ4v) is 5.05. The van der Waals surface area contributed by atoms with E-state index in [-0.39, 0.29) is 22.6 Å². The molecule has 0 bridgehead atoms. The molecule has 1 fully saturated rings. The predicted molar refractivity (Wildman–Crippen MR) is 143 cm³/mol. The fraction of sp³-hybridized carbons (Fsp3) is 0.464. The van der Waals surface area contributed by atoms with Gasteiger partial charge in [0.15, 0.2) is 0 Å². The van der Waals surface area contributed by atoms with Crippen molar-refractivity contribution in [2.24, 2.45) is 5.73 Å². The molecule has 0 spiro atoms. The van der Waals surface area contributed by atoms with Gasteiger partial charge < -0.3 is 15.2 Å². The summed E-state index contributed by atoms with van der Waals surface area (Å²) in [5, 5.41) is 16.5. The SMILES string of the molecule is CC(C)(C)OC(=O)n1ncc2c([N+](=O)[O-])c(-c3ccc(C4(C(=O)OC(C)(C)C)CCCC4N)cc3)ccc21. The summed E-state index contributed by atoms with van der Waals surface area (Å²) in [4.78, 5) is 37.6. The molecule has 38 heavy (non-hydrogen) atoms. The Kier molecular flexibility index (Phi) is 6.82. The quantitative estimate of drug-likeness (QED) is 0.270. The molecule has 4 rings (SSSR count). The van der Waals surface area contributed by atoms with Gasteiger partial charge in [0.1, 0.15) is 16.6 Å². The summed E-state index contributed by atoms with van der Waals surface area (Å²) in [5.41, 5.74) is 5.84. The first-order chi connectivity index (χ1) is 17.6. The standard InChI is InChI=1S/C28H34N4O6/c1-26(2,3)37-24(33)28(15-7-8-22(28)29)18-11-9-17(10-12-18)19-13-14-21-20(23(19)32(35)36)16-30-31(21)25(34)38-27(4,5)6/h9-14,16,22H,7-8,15,29H2,1-6H3. The molecule has 0 saturated heterocycles. The highest BCUT2D eigenvalue weighted by Gasteiger charge is 2.51. The molecule has 1 aliphatic rings. The number of rotatable bonds is 4. The second-order valence-corrected chi connectivity index (χ2v) is 11.7. The van der Waals surface area contributed by atoms with Gasteiger partial charge in [0.05, 0.1) is 27.6 Å². The first-order valence-electron chi connectivity index (χ1n) is 12.6. The van der Waals surface area contributed by atoms with Gasteiger partial charge in [0, 0.05) is 6.04 Å². The highest BCUT2D eigenvalue weighted by atomic mass is 16.6. The van der Waals surface area contributed by atoms with Crippen LogP contribution in [0.4, 0.5) is 10.5 Å². The summed E-state index contributed by atoms with van der Waals surface area (Å²) in [7, 11) is 0. The van der Waals surface area contributed by atoms with E-state index in [1.807, 2.05) is 20.8 Å². The molecule has 202 valence electrons. The number of nitro groups is 1. The Morgan fingerprint density at radius 2 is 1.68 bits per heavy atom. The Bertz CT molecular complexity index is 1400. The van der Waals surface area contributed by atoms with Crippen molar-refractivity contribution in [1.29, 1.82) is 0 Å². The number of ether oxygens (including phenoxy) is 2. The third kappa shape index (κ3) is 5.00. The van der Waals surface area contributed by atoms with Crippen LogP contribution in [0.3, 0.4) is 0 Å². The van der Waals surface area contributed by atoms with Crippen LogP contribution in [0.15, 0.2) is 42.6 Å². The van der Waals surface area contributed by atoms with Crippen LogP contribution in [0.1, 0.15) is 66.4 Å². The van der Waals surface area contributed by atoms with Crippen LogP contribution in [0.5, 0.6) is 0 Å². The minimum absolute atomic E-state index is 0.176. The minimum atomic E-state index is -0.976. The van der Waals surface area contributed by atoms with Crippen LogP contribution in [0.2, 0.25) is 0 Å². The molecule has 0 amide bonds. The van der Waals surface area contributed by atoms with Gasteiger partial charge in [0.2, 0.25) is 0 Å². The van der Waals surface area contributed by atoms with Crippen molar-refractivity contribution in [3.63, 3.8) is 0 Å². The van der Waals surface area contributed by atoms with Crippen LogP contribution in [-0.4, -0.2) is 44.0 Å². The normalized spacial score (nSPS) is 19.9. The Hall–Kier alpha value is -3.79. The summed E-state index contributed by atoms with van der Waals surface area (Å²) < 4.78 is 12.2. The van der Waals surface area contributed by atoms with E-state index < -0.39 is 33.7 Å².